The molecule has 2 aromatic carbocycles. The Labute approximate surface area is 128 Å². The van der Waals surface area contributed by atoms with Crippen LogP contribution in [0.2, 0.25) is 0 Å². The lowest BCUT2D eigenvalue weighted by Gasteiger charge is -2.16. The van der Waals surface area contributed by atoms with Gasteiger partial charge in [0.15, 0.2) is 0 Å². The van der Waals surface area contributed by atoms with Crippen LogP contribution < -0.4 is 15.0 Å². The minimum atomic E-state index is -0.879. The Kier molecular flexibility index (Phi) is 3.33. The fourth-order valence-electron chi connectivity index (χ4n) is 2.27. The summed E-state index contributed by atoms with van der Waals surface area (Å²) in [4.78, 5) is 25.3. The highest BCUT2D eigenvalue weighted by atomic mass is 16.5. The fourth-order valence-corrected chi connectivity index (χ4v) is 2.27. The third kappa shape index (κ3) is 2.53. The van der Waals surface area contributed by atoms with Crippen LogP contribution in [0.3, 0.4) is 0 Å². The Morgan fingerprint density at radius 2 is 1.50 bits per heavy atom. The van der Waals surface area contributed by atoms with Crippen molar-refractivity contribution in [2.24, 2.45) is 0 Å². The molecule has 112 valence electrons. The van der Waals surface area contributed by atoms with Crippen molar-refractivity contribution < 1.29 is 14.3 Å². The van der Waals surface area contributed by atoms with Gasteiger partial charge in [0.1, 0.15) is 17.0 Å². The molecule has 1 N–H and O–H groups in total. The number of benzene rings is 2. The Balaban J connectivity index is 1.80. The maximum absolute atomic E-state index is 12.2. The molecule has 22 heavy (non-hydrogen) atoms. The predicted molar refractivity (Wildman–Crippen MR) is 83.1 cm³/mol. The fraction of sp³-hybridized carbons (Fsp3) is 0.176. The average Bonchev–Trinajstić information content (AvgIpc) is 2.69. The van der Waals surface area contributed by atoms with Crippen LogP contribution in [0, 0.1) is 0 Å². The van der Waals surface area contributed by atoms with E-state index in [0.717, 1.165) is 10.6 Å². The lowest BCUT2D eigenvalue weighted by Crippen LogP contribution is -2.40. The Bertz CT molecular complexity index is 708. The molecular formula is C17H16N2O3. The van der Waals surface area contributed by atoms with E-state index in [2.05, 4.69) is 5.32 Å². The standard InChI is InChI=1S/C17H16N2O3/c1-17(2)15(20)19(16(21)18-17)12-8-10-14(11-9-12)22-13-6-4-3-5-7-13/h3-11H,1-2H3,(H,18,21). The number of carbonyl (C=O) groups is 2. The van der Waals surface area contributed by atoms with Gasteiger partial charge in [0.25, 0.3) is 5.91 Å². The summed E-state index contributed by atoms with van der Waals surface area (Å²) in [5.74, 6) is 1.10. The quantitative estimate of drug-likeness (QED) is 0.884. The van der Waals surface area contributed by atoms with Crippen molar-refractivity contribution >= 4 is 17.6 Å². The molecule has 5 heteroatoms. The number of nitrogens with zero attached hydrogens (tertiary/aromatic N) is 1. The van der Waals surface area contributed by atoms with Crippen molar-refractivity contribution in [2.75, 3.05) is 4.90 Å². The summed E-state index contributed by atoms with van der Waals surface area (Å²) < 4.78 is 5.69. The first-order chi connectivity index (χ1) is 10.5. The number of hydrogen-bond acceptors (Lipinski definition) is 3. The normalized spacial score (nSPS) is 16.5. The van der Waals surface area contributed by atoms with Crippen LogP contribution in [-0.2, 0) is 4.79 Å². The first kappa shape index (κ1) is 14.1. The highest BCUT2D eigenvalue weighted by molar-refractivity contribution is 6.23. The van der Waals surface area contributed by atoms with Gasteiger partial charge in [-0.3, -0.25) is 4.79 Å². The van der Waals surface area contributed by atoms with E-state index in [9.17, 15) is 9.59 Å². The number of rotatable bonds is 3. The monoisotopic (exact) mass is 296 g/mol. The first-order valence-corrected chi connectivity index (χ1v) is 6.97. The third-order valence-electron chi connectivity index (χ3n) is 3.43. The van der Waals surface area contributed by atoms with Crippen LogP contribution in [-0.4, -0.2) is 17.5 Å². The molecule has 0 aliphatic carbocycles. The maximum Gasteiger partial charge on any atom is 0.329 e. The Hall–Kier alpha value is -2.82. The third-order valence-corrected chi connectivity index (χ3v) is 3.43. The van der Waals surface area contributed by atoms with Crippen molar-refractivity contribution in [3.63, 3.8) is 0 Å². The molecule has 0 atom stereocenters. The molecule has 0 saturated carbocycles. The van der Waals surface area contributed by atoms with E-state index in [1.165, 1.54) is 0 Å². The first-order valence-electron chi connectivity index (χ1n) is 6.97. The molecule has 1 aliphatic heterocycles. The van der Waals surface area contributed by atoms with Crippen LogP contribution >= 0.6 is 0 Å². The largest absolute Gasteiger partial charge is 0.457 e. The number of imide groups is 1. The molecule has 5 nitrogen and oxygen atoms in total. The van der Waals surface area contributed by atoms with E-state index in [-0.39, 0.29) is 5.91 Å². The van der Waals surface area contributed by atoms with Crippen LogP contribution in [0.1, 0.15) is 13.8 Å². The summed E-state index contributed by atoms with van der Waals surface area (Å²) >= 11 is 0. The molecule has 1 aliphatic rings. The zero-order valence-electron chi connectivity index (χ0n) is 12.4. The molecule has 0 aromatic heterocycles. The number of para-hydroxylation sites is 1. The van der Waals surface area contributed by atoms with Gasteiger partial charge in [0.05, 0.1) is 5.69 Å². The van der Waals surface area contributed by atoms with Gasteiger partial charge in [-0.25, -0.2) is 9.69 Å². The molecule has 0 bridgehead atoms. The molecular weight excluding hydrogens is 280 g/mol. The highest BCUT2D eigenvalue weighted by Gasteiger charge is 2.44. The smallest absolute Gasteiger partial charge is 0.329 e. The van der Waals surface area contributed by atoms with Crippen molar-refractivity contribution in [1.82, 2.24) is 5.32 Å². The predicted octanol–water partition coefficient (Wildman–Crippen LogP) is 3.31. The number of amides is 3. The van der Waals surface area contributed by atoms with Crippen LogP contribution in [0.4, 0.5) is 10.5 Å². The second-order valence-electron chi connectivity index (χ2n) is 5.60. The number of hydrogen-bond donors (Lipinski definition) is 1. The van der Waals surface area contributed by atoms with E-state index < -0.39 is 11.6 Å². The minimum absolute atomic E-state index is 0.269. The second kappa shape index (κ2) is 5.18. The number of ether oxygens (including phenoxy) is 1. The van der Waals surface area contributed by atoms with E-state index in [1.807, 2.05) is 30.3 Å². The van der Waals surface area contributed by atoms with E-state index in [0.29, 0.717) is 11.4 Å². The molecule has 0 unspecified atom stereocenters. The van der Waals surface area contributed by atoms with E-state index in [1.54, 1.807) is 38.1 Å². The number of carbonyl (C=O) groups excluding carboxylic acids is 2. The van der Waals surface area contributed by atoms with Crippen molar-refractivity contribution in [1.29, 1.82) is 0 Å². The molecule has 0 spiro atoms. The van der Waals surface area contributed by atoms with Crippen LogP contribution in [0.25, 0.3) is 0 Å². The summed E-state index contributed by atoms with van der Waals surface area (Å²) in [5.41, 5.74) is -0.357. The Morgan fingerprint density at radius 1 is 0.909 bits per heavy atom. The highest BCUT2D eigenvalue weighted by Crippen LogP contribution is 2.28. The lowest BCUT2D eigenvalue weighted by molar-refractivity contribution is -0.121. The van der Waals surface area contributed by atoms with E-state index in [4.69, 9.17) is 4.74 Å². The van der Waals surface area contributed by atoms with Crippen LogP contribution in [0.5, 0.6) is 11.5 Å². The zero-order valence-corrected chi connectivity index (χ0v) is 12.4. The SMILES string of the molecule is CC1(C)NC(=O)N(c2ccc(Oc3ccccc3)cc2)C1=O. The molecule has 3 rings (SSSR count). The summed E-state index contributed by atoms with van der Waals surface area (Å²) in [6.07, 6.45) is 0. The van der Waals surface area contributed by atoms with Gasteiger partial charge in [0, 0.05) is 0 Å². The van der Waals surface area contributed by atoms with Gasteiger partial charge in [-0.15, -0.1) is 0 Å². The number of urea groups is 1. The van der Waals surface area contributed by atoms with Gasteiger partial charge in [-0.1, -0.05) is 18.2 Å². The molecule has 1 fully saturated rings. The van der Waals surface area contributed by atoms with E-state index >= 15 is 0 Å². The lowest BCUT2D eigenvalue weighted by atomic mass is 10.1. The van der Waals surface area contributed by atoms with Crippen molar-refractivity contribution in [3.05, 3.63) is 54.6 Å². The zero-order chi connectivity index (χ0) is 15.7. The van der Waals surface area contributed by atoms with Gasteiger partial charge in [-0.05, 0) is 50.2 Å². The topological polar surface area (TPSA) is 58.6 Å². The summed E-state index contributed by atoms with van der Waals surface area (Å²) in [7, 11) is 0. The van der Waals surface area contributed by atoms with Gasteiger partial charge < -0.3 is 10.1 Å². The second-order valence-corrected chi connectivity index (χ2v) is 5.60. The Morgan fingerprint density at radius 3 is 2.05 bits per heavy atom. The minimum Gasteiger partial charge on any atom is -0.457 e. The average molecular weight is 296 g/mol. The van der Waals surface area contributed by atoms with Crippen molar-refractivity contribution in [3.8, 4) is 11.5 Å². The van der Waals surface area contributed by atoms with Gasteiger partial charge >= 0.3 is 6.03 Å². The van der Waals surface area contributed by atoms with Gasteiger partial charge in [0.2, 0.25) is 0 Å². The van der Waals surface area contributed by atoms with Crippen molar-refractivity contribution in [2.45, 2.75) is 19.4 Å². The summed E-state index contributed by atoms with van der Waals surface area (Å²) in [6.45, 7) is 3.36. The maximum atomic E-state index is 12.2. The number of anilines is 1. The number of nitrogens with one attached hydrogen (secondary N) is 1. The molecule has 1 saturated heterocycles. The summed E-state index contributed by atoms with van der Waals surface area (Å²) in [5, 5.41) is 2.65. The molecule has 3 amide bonds. The molecule has 1 heterocycles. The van der Waals surface area contributed by atoms with Crippen LogP contribution in [0.15, 0.2) is 54.6 Å². The van der Waals surface area contributed by atoms with Gasteiger partial charge in [-0.2, -0.15) is 0 Å². The molecule has 2 aromatic rings. The molecule has 0 radical (unpaired) electrons. The summed E-state index contributed by atoms with van der Waals surface area (Å²) in [6, 6.07) is 15.8.